The van der Waals surface area contributed by atoms with Crippen molar-refractivity contribution in [3.63, 3.8) is 0 Å². The molecule has 19 heavy (non-hydrogen) atoms. The number of nitrogens with two attached hydrogens (primary N) is 1. The van der Waals surface area contributed by atoms with Crippen LogP contribution in [0.1, 0.15) is 15.9 Å². The Morgan fingerprint density at radius 3 is 2.37 bits per heavy atom. The molecule has 0 aliphatic heterocycles. The van der Waals surface area contributed by atoms with Crippen LogP contribution in [0, 0.1) is 6.92 Å². The maximum absolute atomic E-state index is 11.4. The van der Waals surface area contributed by atoms with Gasteiger partial charge in [0.1, 0.15) is 11.5 Å². The fraction of sp³-hybridized carbons (Fsp3) is 0.133. The second-order valence-corrected chi connectivity index (χ2v) is 4.57. The van der Waals surface area contributed by atoms with Crippen LogP contribution in [0.4, 0.5) is 0 Å². The van der Waals surface area contributed by atoms with Crippen molar-refractivity contribution in [3.05, 3.63) is 58.6 Å². The molecule has 0 spiro atoms. The lowest BCUT2D eigenvalue weighted by atomic mass is 10.1. The van der Waals surface area contributed by atoms with E-state index in [2.05, 4.69) is 0 Å². The summed E-state index contributed by atoms with van der Waals surface area (Å²) in [7, 11) is 0. The Balaban J connectivity index is 2.15. The maximum atomic E-state index is 11.4. The number of benzene rings is 2. The van der Waals surface area contributed by atoms with Gasteiger partial charge >= 0.3 is 0 Å². The van der Waals surface area contributed by atoms with Gasteiger partial charge in [-0.3, -0.25) is 4.79 Å². The molecule has 0 aliphatic carbocycles. The Hall–Kier alpha value is -1.84. The van der Waals surface area contributed by atoms with E-state index in [1.54, 1.807) is 36.4 Å². The molecule has 98 valence electrons. The Morgan fingerprint density at radius 1 is 1.16 bits per heavy atom. The number of carbonyl (C=O) groups is 1. The van der Waals surface area contributed by atoms with Crippen LogP contribution in [0.3, 0.4) is 0 Å². The van der Waals surface area contributed by atoms with Gasteiger partial charge in [-0.2, -0.15) is 0 Å². The summed E-state index contributed by atoms with van der Waals surface area (Å²) in [5.41, 5.74) is 6.84. The molecule has 2 aromatic carbocycles. The Kier molecular flexibility index (Phi) is 4.20. The van der Waals surface area contributed by atoms with E-state index in [-0.39, 0.29) is 12.3 Å². The third kappa shape index (κ3) is 3.34. The topological polar surface area (TPSA) is 52.3 Å². The zero-order valence-electron chi connectivity index (χ0n) is 10.5. The highest BCUT2D eigenvalue weighted by atomic mass is 35.5. The molecule has 0 radical (unpaired) electrons. The van der Waals surface area contributed by atoms with Crippen molar-refractivity contribution in [3.8, 4) is 11.5 Å². The quantitative estimate of drug-likeness (QED) is 0.868. The first kappa shape index (κ1) is 13.6. The standard InChI is InChI=1S/C15H14ClNO2/c1-10-8-13(6-7-14(10)16)19-12-4-2-11(3-5-12)15(18)9-17/h2-8H,9,17H2,1H3. The van der Waals surface area contributed by atoms with Crippen molar-refractivity contribution in [2.24, 2.45) is 5.73 Å². The Bertz CT molecular complexity index is 594. The summed E-state index contributed by atoms with van der Waals surface area (Å²) in [4.78, 5) is 11.4. The summed E-state index contributed by atoms with van der Waals surface area (Å²) in [6.07, 6.45) is 0. The monoisotopic (exact) mass is 275 g/mol. The lowest BCUT2D eigenvalue weighted by Crippen LogP contribution is -2.13. The number of Topliss-reactive ketones (excluding diaryl/α,β-unsaturated/α-hetero) is 1. The van der Waals surface area contributed by atoms with Crippen LogP contribution in [-0.4, -0.2) is 12.3 Å². The molecule has 0 aromatic heterocycles. The highest BCUT2D eigenvalue weighted by Crippen LogP contribution is 2.26. The van der Waals surface area contributed by atoms with Crippen molar-refractivity contribution >= 4 is 17.4 Å². The van der Waals surface area contributed by atoms with E-state index in [0.717, 1.165) is 5.56 Å². The van der Waals surface area contributed by atoms with Crippen molar-refractivity contribution in [1.82, 2.24) is 0 Å². The van der Waals surface area contributed by atoms with Crippen LogP contribution in [-0.2, 0) is 0 Å². The van der Waals surface area contributed by atoms with Gasteiger partial charge in [0.15, 0.2) is 5.78 Å². The number of rotatable bonds is 4. The molecule has 0 atom stereocenters. The SMILES string of the molecule is Cc1cc(Oc2ccc(C(=O)CN)cc2)ccc1Cl. The van der Waals surface area contributed by atoms with Gasteiger partial charge in [-0.05, 0) is 55.0 Å². The smallest absolute Gasteiger partial charge is 0.176 e. The molecule has 0 bridgehead atoms. The van der Waals surface area contributed by atoms with E-state index in [0.29, 0.717) is 22.1 Å². The summed E-state index contributed by atoms with van der Waals surface area (Å²) in [6, 6.07) is 12.3. The number of hydrogen-bond donors (Lipinski definition) is 1. The first-order chi connectivity index (χ1) is 9.10. The highest BCUT2D eigenvalue weighted by Gasteiger charge is 2.04. The van der Waals surface area contributed by atoms with Crippen LogP contribution < -0.4 is 10.5 Å². The zero-order valence-corrected chi connectivity index (χ0v) is 11.3. The molecular formula is C15H14ClNO2. The van der Waals surface area contributed by atoms with Crippen LogP contribution in [0.5, 0.6) is 11.5 Å². The second kappa shape index (κ2) is 5.87. The Morgan fingerprint density at radius 2 is 1.79 bits per heavy atom. The second-order valence-electron chi connectivity index (χ2n) is 4.16. The molecule has 0 unspecified atom stereocenters. The maximum Gasteiger partial charge on any atom is 0.176 e. The number of ether oxygens (including phenoxy) is 1. The average Bonchev–Trinajstić information content (AvgIpc) is 2.43. The fourth-order valence-corrected chi connectivity index (χ4v) is 1.76. The molecule has 0 saturated heterocycles. The van der Waals surface area contributed by atoms with Crippen LogP contribution in [0.25, 0.3) is 0 Å². The van der Waals surface area contributed by atoms with Crippen molar-refractivity contribution in [1.29, 1.82) is 0 Å². The van der Waals surface area contributed by atoms with E-state index >= 15 is 0 Å². The molecule has 3 nitrogen and oxygen atoms in total. The summed E-state index contributed by atoms with van der Waals surface area (Å²) >= 11 is 5.95. The van der Waals surface area contributed by atoms with E-state index in [1.165, 1.54) is 0 Å². The minimum absolute atomic E-state index is 0.0105. The molecule has 2 rings (SSSR count). The third-order valence-electron chi connectivity index (χ3n) is 2.73. The summed E-state index contributed by atoms with van der Waals surface area (Å²) in [5, 5.41) is 0.705. The van der Waals surface area contributed by atoms with Gasteiger partial charge in [0, 0.05) is 10.6 Å². The van der Waals surface area contributed by atoms with Crippen molar-refractivity contribution in [2.45, 2.75) is 6.92 Å². The highest BCUT2D eigenvalue weighted by molar-refractivity contribution is 6.31. The van der Waals surface area contributed by atoms with Gasteiger partial charge in [0.05, 0.1) is 6.54 Å². The van der Waals surface area contributed by atoms with E-state index in [9.17, 15) is 4.79 Å². The number of hydrogen-bond acceptors (Lipinski definition) is 3. The molecule has 2 N–H and O–H groups in total. The lowest BCUT2D eigenvalue weighted by Gasteiger charge is -2.07. The first-order valence-electron chi connectivity index (χ1n) is 5.87. The minimum Gasteiger partial charge on any atom is -0.457 e. The van der Waals surface area contributed by atoms with Gasteiger partial charge < -0.3 is 10.5 Å². The number of aryl methyl sites for hydroxylation is 1. The van der Waals surface area contributed by atoms with Gasteiger partial charge in [-0.15, -0.1) is 0 Å². The largest absolute Gasteiger partial charge is 0.457 e. The number of carbonyl (C=O) groups excluding carboxylic acids is 1. The molecule has 0 saturated carbocycles. The lowest BCUT2D eigenvalue weighted by molar-refractivity contribution is 0.100. The van der Waals surface area contributed by atoms with E-state index < -0.39 is 0 Å². The van der Waals surface area contributed by atoms with E-state index in [4.69, 9.17) is 22.1 Å². The predicted molar refractivity (Wildman–Crippen MR) is 76.1 cm³/mol. The molecular weight excluding hydrogens is 262 g/mol. The number of ketones is 1. The van der Waals surface area contributed by atoms with Crippen LogP contribution in [0.2, 0.25) is 5.02 Å². The van der Waals surface area contributed by atoms with Gasteiger partial charge in [0.25, 0.3) is 0 Å². The molecule has 4 heteroatoms. The molecule has 2 aromatic rings. The van der Waals surface area contributed by atoms with E-state index in [1.807, 2.05) is 13.0 Å². The molecule has 0 aliphatic rings. The van der Waals surface area contributed by atoms with Crippen LogP contribution >= 0.6 is 11.6 Å². The predicted octanol–water partition coefficient (Wildman–Crippen LogP) is 3.58. The molecule has 0 fully saturated rings. The van der Waals surface area contributed by atoms with Crippen molar-refractivity contribution in [2.75, 3.05) is 6.54 Å². The zero-order chi connectivity index (χ0) is 13.8. The average molecular weight is 276 g/mol. The molecule has 0 amide bonds. The fourth-order valence-electron chi connectivity index (χ4n) is 1.64. The summed E-state index contributed by atoms with van der Waals surface area (Å²) in [5.74, 6) is 1.28. The minimum atomic E-state index is -0.0890. The normalized spacial score (nSPS) is 10.3. The summed E-state index contributed by atoms with van der Waals surface area (Å²) < 4.78 is 5.68. The van der Waals surface area contributed by atoms with Crippen molar-refractivity contribution < 1.29 is 9.53 Å². The third-order valence-corrected chi connectivity index (χ3v) is 3.15. The van der Waals surface area contributed by atoms with Gasteiger partial charge in [0.2, 0.25) is 0 Å². The Labute approximate surface area is 117 Å². The molecule has 0 heterocycles. The number of halogens is 1. The first-order valence-corrected chi connectivity index (χ1v) is 6.25. The van der Waals surface area contributed by atoms with Crippen LogP contribution in [0.15, 0.2) is 42.5 Å². The van der Waals surface area contributed by atoms with Gasteiger partial charge in [-0.25, -0.2) is 0 Å². The van der Waals surface area contributed by atoms with Gasteiger partial charge in [-0.1, -0.05) is 11.6 Å². The summed E-state index contributed by atoms with van der Waals surface area (Å²) in [6.45, 7) is 1.93.